The van der Waals surface area contributed by atoms with Crippen molar-refractivity contribution < 1.29 is 4.74 Å². The van der Waals surface area contributed by atoms with E-state index in [-0.39, 0.29) is 0 Å². The summed E-state index contributed by atoms with van der Waals surface area (Å²) in [5.41, 5.74) is 6.64. The van der Waals surface area contributed by atoms with E-state index in [1.165, 1.54) is 0 Å². The molecule has 0 radical (unpaired) electrons. The highest BCUT2D eigenvalue weighted by Crippen LogP contribution is 2.13. The molecule has 0 aliphatic heterocycles. The van der Waals surface area contributed by atoms with Crippen molar-refractivity contribution in [2.24, 2.45) is 5.10 Å². The number of anilines is 1. The fourth-order valence-electron chi connectivity index (χ4n) is 1.99. The van der Waals surface area contributed by atoms with E-state index in [0.29, 0.717) is 5.95 Å². The Balaban J connectivity index is 2.05. The van der Waals surface area contributed by atoms with Gasteiger partial charge in [0.1, 0.15) is 5.75 Å². The minimum Gasteiger partial charge on any atom is -0.494 e. The van der Waals surface area contributed by atoms with Gasteiger partial charge in [-0.2, -0.15) is 5.10 Å². The van der Waals surface area contributed by atoms with Crippen LogP contribution in [-0.4, -0.2) is 22.3 Å². The van der Waals surface area contributed by atoms with Gasteiger partial charge in [0.05, 0.1) is 12.3 Å². The van der Waals surface area contributed by atoms with E-state index in [1.807, 2.05) is 51.1 Å². The van der Waals surface area contributed by atoms with Gasteiger partial charge in [0, 0.05) is 11.4 Å². The monoisotopic (exact) mass is 298 g/mol. The molecule has 2 rings (SSSR count). The van der Waals surface area contributed by atoms with Crippen LogP contribution < -0.4 is 10.2 Å². The van der Waals surface area contributed by atoms with E-state index in [9.17, 15) is 0 Å². The summed E-state index contributed by atoms with van der Waals surface area (Å²) in [6, 6.07) is 9.83. The predicted octanol–water partition coefficient (Wildman–Crippen LogP) is 3.72. The van der Waals surface area contributed by atoms with Crippen LogP contribution in [0.3, 0.4) is 0 Å². The second-order valence-electron chi connectivity index (χ2n) is 5.16. The highest BCUT2D eigenvalue weighted by molar-refractivity contribution is 5.99. The lowest BCUT2D eigenvalue weighted by molar-refractivity contribution is 0.317. The van der Waals surface area contributed by atoms with Gasteiger partial charge in [0.25, 0.3) is 0 Å². The highest BCUT2D eigenvalue weighted by atomic mass is 16.5. The van der Waals surface area contributed by atoms with Gasteiger partial charge in [-0.05, 0) is 63.1 Å². The third kappa shape index (κ3) is 4.55. The molecule has 5 heteroatoms. The van der Waals surface area contributed by atoms with Gasteiger partial charge in [0.15, 0.2) is 0 Å². The molecule has 0 unspecified atom stereocenters. The minimum absolute atomic E-state index is 0.514. The van der Waals surface area contributed by atoms with Crippen molar-refractivity contribution in [1.29, 1.82) is 0 Å². The number of aryl methyl sites for hydroxylation is 2. The first kappa shape index (κ1) is 15.9. The van der Waals surface area contributed by atoms with Crippen molar-refractivity contribution in [1.82, 2.24) is 9.97 Å². The average molecular weight is 298 g/mol. The Kier molecular flexibility index (Phi) is 5.47. The molecule has 0 saturated heterocycles. The van der Waals surface area contributed by atoms with Crippen molar-refractivity contribution in [3.63, 3.8) is 0 Å². The Labute approximate surface area is 131 Å². The molecule has 1 aromatic carbocycles. The second kappa shape index (κ2) is 7.54. The first-order chi connectivity index (χ1) is 10.6. The summed E-state index contributed by atoms with van der Waals surface area (Å²) in [7, 11) is 0. The van der Waals surface area contributed by atoms with Crippen LogP contribution in [0.4, 0.5) is 5.95 Å². The number of rotatable bonds is 6. The van der Waals surface area contributed by atoms with E-state index in [4.69, 9.17) is 4.74 Å². The standard InChI is InChI=1S/C17H22N4O/c1-5-10-22-16-8-6-15(7-9-16)14(4)20-21-17-18-12(2)11-13(3)19-17/h6-9,11H,5,10H2,1-4H3,(H,18,19,21)/b20-14-. The smallest absolute Gasteiger partial charge is 0.243 e. The molecule has 0 fully saturated rings. The molecule has 0 atom stereocenters. The molecule has 0 amide bonds. The third-order valence-electron chi connectivity index (χ3n) is 3.05. The number of benzene rings is 1. The van der Waals surface area contributed by atoms with Crippen molar-refractivity contribution in [2.45, 2.75) is 34.1 Å². The van der Waals surface area contributed by atoms with Gasteiger partial charge in [0.2, 0.25) is 5.95 Å². The number of aromatic nitrogens is 2. The maximum atomic E-state index is 5.57. The van der Waals surface area contributed by atoms with Gasteiger partial charge >= 0.3 is 0 Å². The quantitative estimate of drug-likeness (QED) is 0.652. The molecule has 0 aliphatic rings. The maximum Gasteiger partial charge on any atom is 0.243 e. The van der Waals surface area contributed by atoms with Gasteiger partial charge < -0.3 is 4.74 Å². The number of hydrazone groups is 1. The minimum atomic E-state index is 0.514. The molecule has 0 bridgehead atoms. The molecule has 22 heavy (non-hydrogen) atoms. The van der Waals surface area contributed by atoms with E-state index in [0.717, 1.165) is 41.4 Å². The molecule has 1 aromatic heterocycles. The largest absolute Gasteiger partial charge is 0.494 e. The van der Waals surface area contributed by atoms with Crippen LogP contribution in [0.25, 0.3) is 0 Å². The Hall–Kier alpha value is -2.43. The summed E-state index contributed by atoms with van der Waals surface area (Å²) in [5.74, 6) is 1.39. The zero-order valence-corrected chi connectivity index (χ0v) is 13.6. The van der Waals surface area contributed by atoms with Crippen LogP contribution in [0.1, 0.15) is 37.2 Å². The summed E-state index contributed by atoms with van der Waals surface area (Å²) in [5, 5.41) is 4.34. The molecule has 1 N–H and O–H groups in total. The SMILES string of the molecule is CCCOc1ccc(/C(C)=N\Nc2nc(C)cc(C)n2)cc1. The molecule has 0 aliphatic carbocycles. The molecule has 116 valence electrons. The molecule has 5 nitrogen and oxygen atoms in total. The van der Waals surface area contributed by atoms with Gasteiger partial charge in [-0.15, -0.1) is 0 Å². The topological polar surface area (TPSA) is 59.4 Å². The molecule has 0 saturated carbocycles. The van der Waals surface area contributed by atoms with Crippen molar-refractivity contribution >= 4 is 11.7 Å². The molecule has 0 spiro atoms. The number of nitrogens with zero attached hydrogens (tertiary/aromatic N) is 3. The lowest BCUT2D eigenvalue weighted by atomic mass is 10.1. The van der Waals surface area contributed by atoms with Gasteiger partial charge in [-0.3, -0.25) is 0 Å². The predicted molar refractivity (Wildman–Crippen MR) is 89.6 cm³/mol. The molecular formula is C17H22N4O. The van der Waals surface area contributed by atoms with Crippen LogP contribution >= 0.6 is 0 Å². The first-order valence-electron chi connectivity index (χ1n) is 7.44. The average Bonchev–Trinajstić information content (AvgIpc) is 2.50. The Morgan fingerprint density at radius 1 is 1.14 bits per heavy atom. The van der Waals surface area contributed by atoms with Crippen LogP contribution in [0.2, 0.25) is 0 Å². The zero-order valence-electron chi connectivity index (χ0n) is 13.6. The molecule has 1 heterocycles. The second-order valence-corrected chi connectivity index (χ2v) is 5.16. The number of hydrogen-bond donors (Lipinski definition) is 1. The third-order valence-corrected chi connectivity index (χ3v) is 3.05. The van der Waals surface area contributed by atoms with Gasteiger partial charge in [-0.1, -0.05) is 6.92 Å². The normalized spacial score (nSPS) is 11.4. The summed E-state index contributed by atoms with van der Waals surface area (Å²) >= 11 is 0. The number of hydrogen-bond acceptors (Lipinski definition) is 5. The molecular weight excluding hydrogens is 276 g/mol. The van der Waals surface area contributed by atoms with Crippen LogP contribution in [0.5, 0.6) is 5.75 Å². The Bertz CT molecular complexity index is 630. The first-order valence-corrected chi connectivity index (χ1v) is 7.44. The van der Waals surface area contributed by atoms with Crippen LogP contribution in [0, 0.1) is 13.8 Å². The fraction of sp³-hybridized carbons (Fsp3) is 0.353. The summed E-state index contributed by atoms with van der Waals surface area (Å²) in [6.07, 6.45) is 1.00. The van der Waals surface area contributed by atoms with Crippen molar-refractivity contribution in [3.05, 3.63) is 47.3 Å². The van der Waals surface area contributed by atoms with Gasteiger partial charge in [-0.25, -0.2) is 15.4 Å². The van der Waals surface area contributed by atoms with E-state index in [2.05, 4.69) is 27.4 Å². The maximum absolute atomic E-state index is 5.57. The Morgan fingerprint density at radius 3 is 2.36 bits per heavy atom. The number of ether oxygens (including phenoxy) is 1. The van der Waals surface area contributed by atoms with E-state index in [1.54, 1.807) is 0 Å². The van der Waals surface area contributed by atoms with E-state index >= 15 is 0 Å². The van der Waals surface area contributed by atoms with Crippen molar-refractivity contribution in [2.75, 3.05) is 12.0 Å². The Morgan fingerprint density at radius 2 is 1.77 bits per heavy atom. The number of nitrogens with one attached hydrogen (secondary N) is 1. The van der Waals surface area contributed by atoms with Crippen LogP contribution in [-0.2, 0) is 0 Å². The van der Waals surface area contributed by atoms with E-state index < -0.39 is 0 Å². The summed E-state index contributed by atoms with van der Waals surface area (Å²) in [6.45, 7) is 8.64. The van der Waals surface area contributed by atoms with Crippen LogP contribution in [0.15, 0.2) is 35.4 Å². The lowest BCUT2D eigenvalue weighted by Crippen LogP contribution is -2.04. The summed E-state index contributed by atoms with van der Waals surface area (Å²) < 4.78 is 5.57. The lowest BCUT2D eigenvalue weighted by Gasteiger charge is -2.06. The highest BCUT2D eigenvalue weighted by Gasteiger charge is 2.01. The molecule has 2 aromatic rings. The fourth-order valence-corrected chi connectivity index (χ4v) is 1.99. The zero-order chi connectivity index (χ0) is 15.9. The summed E-state index contributed by atoms with van der Waals surface area (Å²) in [4.78, 5) is 8.60. The van der Waals surface area contributed by atoms with Crippen molar-refractivity contribution in [3.8, 4) is 5.75 Å².